The predicted octanol–water partition coefficient (Wildman–Crippen LogP) is 6.18. The fourth-order valence-corrected chi connectivity index (χ4v) is 3.35. The highest BCUT2D eigenvalue weighted by Gasteiger charge is 2.22. The van der Waals surface area contributed by atoms with Gasteiger partial charge in [-0.2, -0.15) is 4.99 Å². The summed E-state index contributed by atoms with van der Waals surface area (Å²) in [7, 11) is 3.65. The molecule has 0 unspecified atom stereocenters. The van der Waals surface area contributed by atoms with Gasteiger partial charge in [-0.05, 0) is 74.4 Å². The van der Waals surface area contributed by atoms with E-state index in [0.717, 1.165) is 28.7 Å². The van der Waals surface area contributed by atoms with Crippen LogP contribution in [0.25, 0.3) is 11.1 Å². The molecule has 2 aromatic rings. The SMILES string of the molecule is Cc1cc(C(=O)/N=C/N(C)C)ccc1-c1ccc(CN(CCC(C)C)C(=O)OC(C)(C)C)cc1. The molecule has 0 spiro atoms. The summed E-state index contributed by atoms with van der Waals surface area (Å²) in [5.41, 5.74) is 4.20. The second-order valence-corrected chi connectivity index (χ2v) is 10.3. The van der Waals surface area contributed by atoms with Crippen LogP contribution in [0.1, 0.15) is 62.5 Å². The van der Waals surface area contributed by atoms with Crippen molar-refractivity contribution in [2.75, 3.05) is 20.6 Å². The largest absolute Gasteiger partial charge is 0.444 e. The standard InChI is InChI=1S/C28H39N3O3/c1-20(2)15-16-31(27(33)34-28(4,5)6)18-22-9-11-23(12-10-22)25-14-13-24(17-21(25)3)26(32)29-19-30(7)8/h9-14,17,19-20H,15-16,18H2,1-8H3/b29-19+. The van der Waals surface area contributed by atoms with Gasteiger partial charge < -0.3 is 14.5 Å². The molecule has 0 aliphatic heterocycles. The fourth-order valence-electron chi connectivity index (χ4n) is 3.35. The average molecular weight is 466 g/mol. The third kappa shape index (κ3) is 8.65. The van der Waals surface area contributed by atoms with Gasteiger partial charge in [-0.15, -0.1) is 0 Å². The Hall–Kier alpha value is -3.15. The Morgan fingerprint density at radius 3 is 2.24 bits per heavy atom. The van der Waals surface area contributed by atoms with Crippen molar-refractivity contribution in [2.24, 2.45) is 10.9 Å². The number of aliphatic imine (C=N–C) groups is 1. The summed E-state index contributed by atoms with van der Waals surface area (Å²) in [5.74, 6) is 0.237. The molecule has 6 heteroatoms. The van der Waals surface area contributed by atoms with Gasteiger partial charge >= 0.3 is 6.09 Å². The maximum absolute atomic E-state index is 12.7. The van der Waals surface area contributed by atoms with Crippen LogP contribution < -0.4 is 0 Å². The van der Waals surface area contributed by atoms with Gasteiger partial charge in [-0.25, -0.2) is 4.79 Å². The first-order valence-corrected chi connectivity index (χ1v) is 11.8. The maximum Gasteiger partial charge on any atom is 0.410 e. The number of carbonyl (C=O) groups is 2. The van der Waals surface area contributed by atoms with E-state index in [1.807, 2.05) is 72.1 Å². The molecule has 0 saturated heterocycles. The molecule has 6 nitrogen and oxygen atoms in total. The number of aryl methyl sites for hydroxylation is 1. The molecule has 0 aliphatic rings. The van der Waals surface area contributed by atoms with Crippen LogP contribution in [0.4, 0.5) is 4.79 Å². The van der Waals surface area contributed by atoms with Crippen LogP contribution in [0.5, 0.6) is 0 Å². The molecule has 0 N–H and O–H groups in total. The van der Waals surface area contributed by atoms with Crippen molar-refractivity contribution < 1.29 is 14.3 Å². The van der Waals surface area contributed by atoms with E-state index < -0.39 is 5.60 Å². The minimum Gasteiger partial charge on any atom is -0.444 e. The lowest BCUT2D eigenvalue weighted by atomic mass is 9.97. The molecule has 2 aromatic carbocycles. The van der Waals surface area contributed by atoms with Crippen LogP contribution in [0.2, 0.25) is 0 Å². The van der Waals surface area contributed by atoms with Crippen molar-refractivity contribution in [1.29, 1.82) is 0 Å². The number of ether oxygens (including phenoxy) is 1. The van der Waals surface area contributed by atoms with Crippen LogP contribution in [0.3, 0.4) is 0 Å². The van der Waals surface area contributed by atoms with E-state index in [1.165, 1.54) is 6.34 Å². The molecule has 0 aromatic heterocycles. The van der Waals surface area contributed by atoms with E-state index in [2.05, 4.69) is 31.0 Å². The van der Waals surface area contributed by atoms with Gasteiger partial charge in [0, 0.05) is 32.7 Å². The van der Waals surface area contributed by atoms with E-state index in [-0.39, 0.29) is 12.0 Å². The third-order valence-corrected chi connectivity index (χ3v) is 5.15. The molecule has 34 heavy (non-hydrogen) atoms. The van der Waals surface area contributed by atoms with E-state index in [1.54, 1.807) is 9.80 Å². The van der Waals surface area contributed by atoms with Crippen molar-refractivity contribution in [3.63, 3.8) is 0 Å². The Bertz CT molecular complexity index is 1000. The quantitative estimate of drug-likeness (QED) is 0.345. The third-order valence-electron chi connectivity index (χ3n) is 5.15. The summed E-state index contributed by atoms with van der Waals surface area (Å²) < 4.78 is 5.62. The van der Waals surface area contributed by atoms with Crippen molar-refractivity contribution in [1.82, 2.24) is 9.80 Å². The minimum absolute atomic E-state index is 0.262. The number of rotatable bonds is 8. The summed E-state index contributed by atoms with van der Waals surface area (Å²) in [6, 6.07) is 13.8. The van der Waals surface area contributed by atoms with Crippen molar-refractivity contribution in [3.05, 3.63) is 59.2 Å². The minimum atomic E-state index is -0.528. The summed E-state index contributed by atoms with van der Waals surface area (Å²) in [5, 5.41) is 0. The normalized spacial score (nSPS) is 11.7. The van der Waals surface area contributed by atoms with Gasteiger partial charge in [0.05, 0.1) is 6.34 Å². The highest BCUT2D eigenvalue weighted by molar-refractivity contribution is 5.99. The van der Waals surface area contributed by atoms with Crippen LogP contribution in [-0.4, -0.2) is 54.4 Å². The Kier molecular flexibility index (Phi) is 9.42. The van der Waals surface area contributed by atoms with Crippen molar-refractivity contribution >= 4 is 18.3 Å². The smallest absolute Gasteiger partial charge is 0.410 e. The molecular formula is C28H39N3O3. The first kappa shape index (κ1) is 27.1. The highest BCUT2D eigenvalue weighted by Crippen LogP contribution is 2.25. The second kappa shape index (κ2) is 11.8. The number of hydrogen-bond acceptors (Lipinski definition) is 3. The van der Waals surface area contributed by atoms with Crippen molar-refractivity contribution in [3.8, 4) is 11.1 Å². The number of hydrogen-bond donors (Lipinski definition) is 0. The fraction of sp³-hybridized carbons (Fsp3) is 0.464. The monoisotopic (exact) mass is 465 g/mol. The van der Waals surface area contributed by atoms with Crippen LogP contribution >= 0.6 is 0 Å². The number of carbonyl (C=O) groups excluding carboxylic acids is 2. The zero-order valence-electron chi connectivity index (χ0n) is 21.9. The molecule has 0 bridgehead atoms. The van der Waals surface area contributed by atoms with E-state index in [0.29, 0.717) is 24.6 Å². The van der Waals surface area contributed by atoms with Gasteiger partial charge in [0.15, 0.2) is 0 Å². The lowest BCUT2D eigenvalue weighted by Crippen LogP contribution is -2.37. The molecule has 0 heterocycles. The molecule has 2 rings (SSSR count). The topological polar surface area (TPSA) is 62.2 Å². The molecule has 0 aliphatic carbocycles. The first-order chi connectivity index (χ1) is 15.9. The number of benzene rings is 2. The summed E-state index contributed by atoms with van der Waals surface area (Å²) >= 11 is 0. The summed E-state index contributed by atoms with van der Waals surface area (Å²) in [6.45, 7) is 13.1. The van der Waals surface area contributed by atoms with Gasteiger partial charge in [0.1, 0.15) is 5.60 Å². The molecule has 0 radical (unpaired) electrons. The molecule has 0 fully saturated rings. The summed E-state index contributed by atoms with van der Waals surface area (Å²) in [6.07, 6.45) is 2.14. The molecule has 0 saturated carbocycles. The zero-order valence-corrected chi connectivity index (χ0v) is 21.9. The lowest BCUT2D eigenvalue weighted by Gasteiger charge is -2.28. The van der Waals surface area contributed by atoms with Gasteiger partial charge in [0.2, 0.25) is 0 Å². The molecular weight excluding hydrogens is 426 g/mol. The average Bonchev–Trinajstić information content (AvgIpc) is 2.74. The highest BCUT2D eigenvalue weighted by atomic mass is 16.6. The van der Waals surface area contributed by atoms with Gasteiger partial charge in [0.25, 0.3) is 5.91 Å². The number of nitrogens with zero attached hydrogens (tertiary/aromatic N) is 3. The Morgan fingerprint density at radius 1 is 1.06 bits per heavy atom. The Labute approximate surface area is 204 Å². The van der Waals surface area contributed by atoms with Gasteiger partial charge in [-0.1, -0.05) is 44.2 Å². The first-order valence-electron chi connectivity index (χ1n) is 11.8. The number of amides is 2. The predicted molar refractivity (Wildman–Crippen MR) is 139 cm³/mol. The van der Waals surface area contributed by atoms with Crippen molar-refractivity contribution in [2.45, 2.75) is 60.1 Å². The maximum atomic E-state index is 12.7. The summed E-state index contributed by atoms with van der Waals surface area (Å²) in [4.78, 5) is 32.5. The molecule has 0 atom stereocenters. The molecule has 184 valence electrons. The van der Waals surface area contributed by atoms with E-state index in [4.69, 9.17) is 4.74 Å². The van der Waals surface area contributed by atoms with Gasteiger partial charge in [-0.3, -0.25) is 4.79 Å². The second-order valence-electron chi connectivity index (χ2n) is 10.3. The van der Waals surface area contributed by atoms with Crippen LogP contribution in [-0.2, 0) is 11.3 Å². The molecule has 2 amide bonds. The van der Waals surface area contributed by atoms with E-state index >= 15 is 0 Å². The van der Waals surface area contributed by atoms with E-state index in [9.17, 15) is 9.59 Å². The zero-order chi connectivity index (χ0) is 25.5. The lowest BCUT2D eigenvalue weighted by molar-refractivity contribution is 0.0225. The Morgan fingerprint density at radius 2 is 1.71 bits per heavy atom. The van der Waals surface area contributed by atoms with Crippen LogP contribution in [0.15, 0.2) is 47.5 Å². The van der Waals surface area contributed by atoms with Crippen LogP contribution in [0, 0.1) is 12.8 Å². The Balaban J connectivity index is 2.17.